The highest BCUT2D eigenvalue weighted by Gasteiger charge is 2.19. The van der Waals surface area contributed by atoms with Crippen molar-refractivity contribution in [3.63, 3.8) is 0 Å². The predicted molar refractivity (Wildman–Crippen MR) is 91.7 cm³/mol. The molecule has 0 fully saturated rings. The minimum Gasteiger partial charge on any atom is -1.00 e. The van der Waals surface area contributed by atoms with E-state index >= 15 is 0 Å². The number of nitrogens with zero attached hydrogens (tertiary/aromatic N) is 1. The minimum atomic E-state index is -0.141. The fourth-order valence-electron chi connectivity index (χ4n) is 2.89. The van der Waals surface area contributed by atoms with E-state index in [0.29, 0.717) is 11.5 Å². The smallest absolute Gasteiger partial charge is 0.213 e. The van der Waals surface area contributed by atoms with Crippen LogP contribution in [0.25, 0.3) is 22.0 Å². The Hall–Kier alpha value is -2.66. The van der Waals surface area contributed by atoms with E-state index in [4.69, 9.17) is 9.47 Å². The molecule has 3 rings (SSSR count). The Morgan fingerprint density at radius 2 is 1.52 bits per heavy atom. The van der Waals surface area contributed by atoms with Crippen LogP contribution in [0.4, 0.5) is 0 Å². The van der Waals surface area contributed by atoms with Crippen LogP contribution in [-0.2, 0) is 7.05 Å². The molecule has 6 heteroatoms. The molecule has 0 unspecified atom stereocenters. The summed E-state index contributed by atoms with van der Waals surface area (Å²) in [6, 6.07) is 10.7. The van der Waals surface area contributed by atoms with E-state index in [9.17, 15) is 10.2 Å². The molecule has 0 aliphatic heterocycles. The van der Waals surface area contributed by atoms with Gasteiger partial charge in [0.1, 0.15) is 7.05 Å². The molecule has 0 radical (unpaired) electrons. The van der Waals surface area contributed by atoms with Crippen LogP contribution in [0.15, 0.2) is 36.4 Å². The molecule has 1 heterocycles. The van der Waals surface area contributed by atoms with Crippen LogP contribution in [0.5, 0.6) is 23.0 Å². The number of methoxy groups -OCH3 is 2. The topological polar surface area (TPSA) is 62.8 Å². The fraction of sp³-hybridized carbons (Fsp3) is 0.211. The van der Waals surface area contributed by atoms with Crippen LogP contribution in [-0.4, -0.2) is 24.4 Å². The van der Waals surface area contributed by atoms with Crippen molar-refractivity contribution in [2.45, 2.75) is 6.92 Å². The summed E-state index contributed by atoms with van der Waals surface area (Å²) < 4.78 is 12.8. The number of hydrogen-bond acceptors (Lipinski definition) is 4. The maximum absolute atomic E-state index is 9.79. The lowest BCUT2D eigenvalue weighted by molar-refractivity contribution is -0.665. The second-order valence-corrected chi connectivity index (χ2v) is 5.67. The zero-order valence-electron chi connectivity index (χ0n) is 14.5. The van der Waals surface area contributed by atoms with Gasteiger partial charge >= 0.3 is 0 Å². The van der Waals surface area contributed by atoms with Gasteiger partial charge in [0, 0.05) is 13.0 Å². The second-order valence-electron chi connectivity index (χ2n) is 5.67. The Kier molecular flexibility index (Phi) is 5.28. The van der Waals surface area contributed by atoms with Gasteiger partial charge in [0.15, 0.2) is 28.7 Å². The Labute approximate surface area is 152 Å². The minimum absolute atomic E-state index is 0. The van der Waals surface area contributed by atoms with E-state index in [2.05, 4.69) is 0 Å². The predicted octanol–water partition coefficient (Wildman–Crippen LogP) is 0.0721. The Morgan fingerprint density at radius 3 is 2.12 bits per heavy atom. The summed E-state index contributed by atoms with van der Waals surface area (Å²) in [4.78, 5) is 0. The van der Waals surface area contributed by atoms with Crippen molar-refractivity contribution in [2.75, 3.05) is 14.2 Å². The van der Waals surface area contributed by atoms with E-state index in [-0.39, 0.29) is 23.9 Å². The van der Waals surface area contributed by atoms with E-state index < -0.39 is 0 Å². The van der Waals surface area contributed by atoms with Gasteiger partial charge < -0.3 is 32.1 Å². The van der Waals surface area contributed by atoms with Crippen molar-refractivity contribution in [1.82, 2.24) is 0 Å². The number of phenols is 2. The Morgan fingerprint density at radius 1 is 0.880 bits per heavy atom. The van der Waals surface area contributed by atoms with Gasteiger partial charge in [-0.15, -0.1) is 0 Å². The van der Waals surface area contributed by atoms with Crippen LogP contribution in [0, 0.1) is 6.92 Å². The summed E-state index contributed by atoms with van der Waals surface area (Å²) in [5.41, 5.74) is 2.78. The molecule has 0 saturated heterocycles. The summed E-state index contributed by atoms with van der Waals surface area (Å²) >= 11 is 0. The van der Waals surface area contributed by atoms with Gasteiger partial charge in [-0.25, -0.2) is 0 Å². The van der Waals surface area contributed by atoms with Crippen molar-refractivity contribution >= 4 is 10.8 Å². The average molecular weight is 362 g/mol. The van der Waals surface area contributed by atoms with Gasteiger partial charge in [-0.2, -0.15) is 4.57 Å². The van der Waals surface area contributed by atoms with Crippen LogP contribution >= 0.6 is 0 Å². The molecule has 132 valence electrons. The van der Waals surface area contributed by atoms with Crippen molar-refractivity contribution in [3.8, 4) is 34.3 Å². The number of aryl methyl sites for hydroxylation is 1. The van der Waals surface area contributed by atoms with E-state index in [0.717, 1.165) is 27.7 Å². The van der Waals surface area contributed by atoms with Gasteiger partial charge in [-0.1, -0.05) is 0 Å². The number of pyridine rings is 1. The molecule has 25 heavy (non-hydrogen) atoms. The van der Waals surface area contributed by atoms with E-state index in [1.54, 1.807) is 26.4 Å². The molecule has 5 nitrogen and oxygen atoms in total. The lowest BCUT2D eigenvalue weighted by Crippen LogP contribution is -3.00. The number of benzene rings is 2. The summed E-state index contributed by atoms with van der Waals surface area (Å²) in [6.45, 7) is 2.03. The van der Waals surface area contributed by atoms with E-state index in [1.807, 2.05) is 36.7 Å². The van der Waals surface area contributed by atoms with Gasteiger partial charge in [-0.3, -0.25) is 0 Å². The van der Waals surface area contributed by atoms with Crippen LogP contribution in [0.3, 0.4) is 0 Å². The molecule has 2 N–H and O–H groups in total. The number of hydrogen-bond donors (Lipinski definition) is 2. The van der Waals surface area contributed by atoms with Crippen LogP contribution in [0.1, 0.15) is 5.69 Å². The standard InChI is InChI=1S/C19H19NO4.ClH/c1-11-14-10-19(24-4)18(23-3)9-13(14)7-15(20(11)2)12-5-6-16(21)17(22)8-12;/h5-10,22H,1-4H3;1H. The molecule has 0 aliphatic rings. The zero-order valence-corrected chi connectivity index (χ0v) is 15.3. The zero-order chi connectivity index (χ0) is 17.4. The molecule has 1 aromatic heterocycles. The molecule has 0 aliphatic carbocycles. The highest BCUT2D eigenvalue weighted by atomic mass is 35.5. The molecule has 0 amide bonds. The number of phenolic OH excluding ortho intramolecular Hbond substituents is 2. The summed E-state index contributed by atoms with van der Waals surface area (Å²) in [6.07, 6.45) is 0. The molecule has 3 aromatic rings. The van der Waals surface area contributed by atoms with E-state index in [1.165, 1.54) is 6.07 Å². The summed E-state index contributed by atoms with van der Waals surface area (Å²) in [5.74, 6) is 1.07. The van der Waals surface area contributed by atoms with Gasteiger partial charge in [-0.05, 0) is 35.7 Å². The van der Waals surface area contributed by atoms with Crippen molar-refractivity contribution in [1.29, 1.82) is 0 Å². The van der Waals surface area contributed by atoms with Gasteiger partial charge in [0.05, 0.1) is 25.2 Å². The quantitative estimate of drug-likeness (QED) is 0.512. The van der Waals surface area contributed by atoms with Crippen LogP contribution in [0.2, 0.25) is 0 Å². The number of halogens is 1. The maximum atomic E-state index is 9.79. The number of ether oxygens (including phenoxy) is 2. The average Bonchev–Trinajstić information content (AvgIpc) is 2.59. The molecule has 0 bridgehead atoms. The molecule has 0 saturated carbocycles. The molecule has 0 spiro atoms. The third kappa shape index (κ3) is 3.15. The SMILES string of the molecule is COc1cc2cc(-c3ccc(O)c(O)c3)[n+](C)c(C)c2cc1OC.[Cl-]. The fourth-order valence-corrected chi connectivity index (χ4v) is 2.89. The van der Waals surface area contributed by atoms with Crippen molar-refractivity contribution in [3.05, 3.63) is 42.1 Å². The first-order valence-electron chi connectivity index (χ1n) is 7.54. The van der Waals surface area contributed by atoms with Crippen molar-refractivity contribution < 1.29 is 36.7 Å². The normalized spacial score (nSPS) is 10.4. The summed E-state index contributed by atoms with van der Waals surface area (Å²) in [7, 11) is 5.19. The Balaban J connectivity index is 0.00000225. The number of fused-ring (bicyclic) bond motifs is 1. The number of rotatable bonds is 3. The lowest BCUT2D eigenvalue weighted by atomic mass is 10.0. The lowest BCUT2D eigenvalue weighted by Gasteiger charge is -2.12. The largest absolute Gasteiger partial charge is 1.00 e. The highest BCUT2D eigenvalue weighted by molar-refractivity contribution is 5.89. The first kappa shape index (κ1) is 18.7. The third-order valence-corrected chi connectivity index (χ3v) is 4.37. The van der Waals surface area contributed by atoms with Gasteiger partial charge in [0.2, 0.25) is 5.69 Å². The maximum Gasteiger partial charge on any atom is 0.213 e. The summed E-state index contributed by atoms with van der Waals surface area (Å²) in [5, 5.41) is 21.4. The van der Waals surface area contributed by atoms with Gasteiger partial charge in [0.25, 0.3) is 0 Å². The van der Waals surface area contributed by atoms with Crippen LogP contribution < -0.4 is 26.4 Å². The second kappa shape index (κ2) is 7.07. The van der Waals surface area contributed by atoms with Crippen molar-refractivity contribution in [2.24, 2.45) is 7.05 Å². The molecule has 2 aromatic carbocycles. The monoisotopic (exact) mass is 361 g/mol. The molecular weight excluding hydrogens is 342 g/mol. The first-order valence-corrected chi connectivity index (χ1v) is 7.54. The number of aromatic hydroxyl groups is 2. The first-order chi connectivity index (χ1) is 11.5. The Bertz CT molecular complexity index is 941. The number of aromatic nitrogens is 1. The highest BCUT2D eigenvalue weighted by Crippen LogP contribution is 2.35. The molecular formula is C19H20ClNO4. The third-order valence-electron chi connectivity index (χ3n) is 4.37. The molecule has 0 atom stereocenters.